The minimum absolute atomic E-state index is 0.0732. The second-order valence-electron chi connectivity index (χ2n) is 6.07. The number of halogens is 1. The maximum absolute atomic E-state index is 12.3. The summed E-state index contributed by atoms with van der Waals surface area (Å²) in [5, 5.41) is 11.8. The average molecular weight is 431 g/mol. The molecule has 2 aromatic carbocycles. The molecule has 5 nitrogen and oxygen atoms in total. The maximum Gasteiger partial charge on any atom is 0.234 e. The fourth-order valence-corrected chi connectivity index (χ4v) is 3.75. The lowest BCUT2D eigenvalue weighted by molar-refractivity contribution is -0.113. The van der Waals surface area contributed by atoms with Gasteiger partial charge in [0.2, 0.25) is 5.91 Å². The smallest absolute Gasteiger partial charge is 0.234 e. The van der Waals surface area contributed by atoms with E-state index < -0.39 is 0 Å². The van der Waals surface area contributed by atoms with Crippen LogP contribution in [-0.4, -0.2) is 26.4 Å². The van der Waals surface area contributed by atoms with Crippen molar-refractivity contribution in [2.75, 3.05) is 11.1 Å². The van der Waals surface area contributed by atoms with Crippen LogP contribution < -0.4 is 5.32 Å². The van der Waals surface area contributed by atoms with Gasteiger partial charge in [0.15, 0.2) is 5.16 Å². The number of thioether (sulfide) groups is 1. The SMILES string of the molecule is Cc1ccc(C)c(-n2cnnc2SCC(=O)Nc2ccc(Br)cc2C)c1. The van der Waals surface area contributed by atoms with Gasteiger partial charge in [0, 0.05) is 10.2 Å². The molecule has 3 aromatic rings. The third kappa shape index (κ3) is 4.34. The van der Waals surface area contributed by atoms with Crippen LogP contribution in [-0.2, 0) is 4.79 Å². The minimum Gasteiger partial charge on any atom is -0.325 e. The first-order chi connectivity index (χ1) is 12.4. The number of carbonyl (C=O) groups is 1. The lowest BCUT2D eigenvalue weighted by Gasteiger charge is -2.11. The Bertz CT molecular complexity index is 954. The summed E-state index contributed by atoms with van der Waals surface area (Å²) in [6.07, 6.45) is 1.68. The summed E-state index contributed by atoms with van der Waals surface area (Å²) in [5.41, 5.74) is 5.15. The van der Waals surface area contributed by atoms with E-state index in [2.05, 4.69) is 49.6 Å². The largest absolute Gasteiger partial charge is 0.325 e. The van der Waals surface area contributed by atoms with Crippen molar-refractivity contribution >= 4 is 39.3 Å². The molecule has 1 amide bonds. The van der Waals surface area contributed by atoms with Crippen LogP contribution >= 0.6 is 27.7 Å². The van der Waals surface area contributed by atoms with Crippen molar-refractivity contribution in [3.05, 3.63) is 63.9 Å². The zero-order valence-electron chi connectivity index (χ0n) is 14.8. The van der Waals surface area contributed by atoms with E-state index in [0.717, 1.165) is 27.0 Å². The fourth-order valence-electron chi connectivity index (χ4n) is 2.55. The van der Waals surface area contributed by atoms with Crippen molar-refractivity contribution in [1.82, 2.24) is 14.8 Å². The molecule has 0 saturated heterocycles. The number of hydrogen-bond donors (Lipinski definition) is 1. The molecule has 1 aromatic heterocycles. The van der Waals surface area contributed by atoms with Gasteiger partial charge in [-0.15, -0.1) is 10.2 Å². The highest BCUT2D eigenvalue weighted by atomic mass is 79.9. The van der Waals surface area contributed by atoms with Gasteiger partial charge in [-0.2, -0.15) is 0 Å². The van der Waals surface area contributed by atoms with E-state index in [1.807, 2.05) is 43.5 Å². The Labute approximate surface area is 165 Å². The fraction of sp³-hybridized carbons (Fsp3) is 0.211. The Kier molecular flexibility index (Phi) is 5.78. The molecule has 0 bridgehead atoms. The van der Waals surface area contributed by atoms with Crippen LogP contribution in [0.4, 0.5) is 5.69 Å². The number of aromatic nitrogens is 3. The lowest BCUT2D eigenvalue weighted by Crippen LogP contribution is -2.15. The van der Waals surface area contributed by atoms with Crippen LogP contribution in [0.3, 0.4) is 0 Å². The third-order valence-corrected chi connectivity index (χ3v) is 5.37. The number of rotatable bonds is 5. The van der Waals surface area contributed by atoms with Crippen molar-refractivity contribution in [2.24, 2.45) is 0 Å². The summed E-state index contributed by atoms with van der Waals surface area (Å²) in [4.78, 5) is 12.3. The molecule has 0 spiro atoms. The molecule has 1 N–H and O–H groups in total. The van der Waals surface area contributed by atoms with E-state index in [0.29, 0.717) is 5.16 Å². The number of amides is 1. The van der Waals surface area contributed by atoms with E-state index in [9.17, 15) is 4.79 Å². The molecular formula is C19H19BrN4OS. The van der Waals surface area contributed by atoms with Crippen LogP contribution in [0.1, 0.15) is 16.7 Å². The molecule has 3 rings (SSSR count). The Morgan fingerprint density at radius 3 is 2.73 bits per heavy atom. The average Bonchev–Trinajstić information content (AvgIpc) is 3.06. The number of nitrogens with one attached hydrogen (secondary N) is 1. The first-order valence-corrected chi connectivity index (χ1v) is 9.88. The molecule has 0 radical (unpaired) electrons. The van der Waals surface area contributed by atoms with Crippen molar-refractivity contribution in [2.45, 2.75) is 25.9 Å². The van der Waals surface area contributed by atoms with Gasteiger partial charge in [-0.25, -0.2) is 0 Å². The molecule has 0 fully saturated rings. The first-order valence-electron chi connectivity index (χ1n) is 8.10. The van der Waals surface area contributed by atoms with Crippen LogP contribution in [0, 0.1) is 20.8 Å². The molecular weight excluding hydrogens is 412 g/mol. The van der Waals surface area contributed by atoms with Gasteiger partial charge in [0.1, 0.15) is 6.33 Å². The van der Waals surface area contributed by atoms with Crippen LogP contribution in [0.2, 0.25) is 0 Å². The number of benzene rings is 2. The maximum atomic E-state index is 12.3. The van der Waals surface area contributed by atoms with Gasteiger partial charge in [-0.05, 0) is 61.7 Å². The molecule has 26 heavy (non-hydrogen) atoms. The number of anilines is 1. The Morgan fingerprint density at radius 1 is 1.15 bits per heavy atom. The topological polar surface area (TPSA) is 59.8 Å². The van der Waals surface area contributed by atoms with E-state index in [1.54, 1.807) is 6.33 Å². The van der Waals surface area contributed by atoms with Gasteiger partial charge in [0.25, 0.3) is 0 Å². The summed E-state index contributed by atoms with van der Waals surface area (Å²) in [6, 6.07) is 12.0. The van der Waals surface area contributed by atoms with Gasteiger partial charge in [-0.1, -0.05) is 39.8 Å². The third-order valence-electron chi connectivity index (χ3n) is 3.94. The number of nitrogens with zero attached hydrogens (tertiary/aromatic N) is 3. The van der Waals surface area contributed by atoms with Gasteiger partial charge in [-0.3, -0.25) is 9.36 Å². The Balaban J connectivity index is 1.70. The summed E-state index contributed by atoms with van der Waals surface area (Å²) < 4.78 is 2.91. The van der Waals surface area contributed by atoms with Crippen molar-refractivity contribution < 1.29 is 4.79 Å². The molecule has 1 heterocycles. The van der Waals surface area contributed by atoms with Crippen molar-refractivity contribution in [3.63, 3.8) is 0 Å². The van der Waals surface area contributed by atoms with E-state index in [-0.39, 0.29) is 11.7 Å². The quantitative estimate of drug-likeness (QED) is 0.596. The second kappa shape index (κ2) is 8.05. The lowest BCUT2D eigenvalue weighted by atomic mass is 10.1. The van der Waals surface area contributed by atoms with E-state index in [4.69, 9.17) is 0 Å². The van der Waals surface area contributed by atoms with Crippen molar-refractivity contribution in [3.8, 4) is 5.69 Å². The minimum atomic E-state index is -0.0732. The summed E-state index contributed by atoms with van der Waals surface area (Å²) in [6.45, 7) is 6.06. The van der Waals surface area contributed by atoms with Crippen LogP contribution in [0.5, 0.6) is 0 Å². The zero-order valence-corrected chi connectivity index (χ0v) is 17.2. The number of carbonyl (C=O) groups excluding carboxylic acids is 1. The van der Waals surface area contributed by atoms with Gasteiger partial charge >= 0.3 is 0 Å². The second-order valence-corrected chi connectivity index (χ2v) is 7.93. The molecule has 0 saturated carbocycles. The Morgan fingerprint density at radius 2 is 1.96 bits per heavy atom. The van der Waals surface area contributed by atoms with Crippen molar-refractivity contribution in [1.29, 1.82) is 0 Å². The monoisotopic (exact) mass is 430 g/mol. The summed E-state index contributed by atoms with van der Waals surface area (Å²) >= 11 is 4.79. The Hall–Kier alpha value is -2.12. The molecule has 0 atom stereocenters. The number of hydrogen-bond acceptors (Lipinski definition) is 4. The predicted molar refractivity (Wildman–Crippen MR) is 109 cm³/mol. The highest BCUT2D eigenvalue weighted by Gasteiger charge is 2.12. The molecule has 0 aliphatic carbocycles. The van der Waals surface area contributed by atoms with Crippen LogP contribution in [0.25, 0.3) is 5.69 Å². The first kappa shape index (κ1) is 18.7. The van der Waals surface area contributed by atoms with Gasteiger partial charge < -0.3 is 5.32 Å². The highest BCUT2D eigenvalue weighted by Crippen LogP contribution is 2.24. The van der Waals surface area contributed by atoms with E-state index >= 15 is 0 Å². The number of aryl methyl sites for hydroxylation is 3. The normalized spacial score (nSPS) is 10.8. The molecule has 0 unspecified atom stereocenters. The van der Waals surface area contributed by atoms with Gasteiger partial charge in [0.05, 0.1) is 11.4 Å². The molecule has 0 aliphatic rings. The molecule has 134 valence electrons. The zero-order chi connectivity index (χ0) is 18.7. The summed E-state index contributed by atoms with van der Waals surface area (Å²) in [7, 11) is 0. The molecule has 7 heteroatoms. The standard InChI is InChI=1S/C19H19BrN4OS/c1-12-4-5-13(2)17(8-12)24-11-21-23-19(24)26-10-18(25)22-16-7-6-15(20)9-14(16)3/h4-9,11H,10H2,1-3H3,(H,22,25). The predicted octanol–water partition coefficient (Wildman–Crippen LogP) is 4.69. The van der Waals surface area contributed by atoms with E-state index in [1.165, 1.54) is 17.3 Å². The molecule has 0 aliphatic heterocycles. The highest BCUT2D eigenvalue weighted by molar-refractivity contribution is 9.10. The van der Waals surface area contributed by atoms with Crippen LogP contribution in [0.15, 0.2) is 52.4 Å². The summed E-state index contributed by atoms with van der Waals surface area (Å²) in [5.74, 6) is 0.190.